The first-order chi connectivity index (χ1) is 12.6. The van der Waals surface area contributed by atoms with Gasteiger partial charge in [-0.05, 0) is 37.8 Å². The number of amides is 1. The van der Waals surface area contributed by atoms with Gasteiger partial charge in [0.2, 0.25) is 0 Å². The van der Waals surface area contributed by atoms with E-state index in [4.69, 9.17) is 4.74 Å². The fraction of sp³-hybridized carbons (Fsp3) is 0.667. The van der Waals surface area contributed by atoms with Gasteiger partial charge in [-0.25, -0.2) is 8.78 Å². The van der Waals surface area contributed by atoms with Crippen LogP contribution in [0.4, 0.5) is 14.5 Å². The lowest BCUT2D eigenvalue weighted by molar-refractivity contribution is -0.00552. The van der Waals surface area contributed by atoms with E-state index in [1.165, 1.54) is 12.5 Å². The van der Waals surface area contributed by atoms with Crippen molar-refractivity contribution in [2.45, 2.75) is 46.3 Å². The fourth-order valence-corrected chi connectivity index (χ4v) is 6.28. The number of hydrogen-bond acceptors (Lipinski definition) is 3. The first-order valence-electron chi connectivity index (χ1n) is 9.81. The van der Waals surface area contributed by atoms with E-state index in [-0.39, 0.29) is 40.2 Å². The highest BCUT2D eigenvalue weighted by molar-refractivity contribution is 6.00. The lowest BCUT2D eigenvalue weighted by atomic mass is 9.85. The van der Waals surface area contributed by atoms with Gasteiger partial charge in [-0.1, -0.05) is 13.8 Å². The molecule has 0 bridgehead atoms. The Labute approximate surface area is 158 Å². The lowest BCUT2D eigenvalue weighted by Crippen LogP contribution is -2.47. The Morgan fingerprint density at radius 1 is 1.11 bits per heavy atom. The summed E-state index contributed by atoms with van der Waals surface area (Å²) in [6.07, 6.45) is 0.981. The molecule has 2 heterocycles. The van der Waals surface area contributed by atoms with Crippen LogP contribution in [0.5, 0.6) is 0 Å². The summed E-state index contributed by atoms with van der Waals surface area (Å²) in [5, 5.41) is 0. The molecule has 2 aliphatic heterocycles. The Morgan fingerprint density at radius 3 is 2.26 bits per heavy atom. The summed E-state index contributed by atoms with van der Waals surface area (Å²) in [6, 6.07) is 2.51. The maximum absolute atomic E-state index is 14.8. The molecule has 1 aromatic rings. The number of likely N-dealkylation sites (tertiary alicyclic amines) is 1. The molecule has 2 saturated heterocycles. The molecular formula is C21H26F2N2O2. The molecule has 4 atom stereocenters. The Bertz CT molecular complexity index is 827. The van der Waals surface area contributed by atoms with Crippen molar-refractivity contribution in [3.63, 3.8) is 0 Å². The van der Waals surface area contributed by atoms with Gasteiger partial charge in [0.15, 0.2) is 11.6 Å². The van der Waals surface area contributed by atoms with E-state index >= 15 is 0 Å². The Balaban J connectivity index is 1.47. The third-order valence-electron chi connectivity index (χ3n) is 7.97. The zero-order valence-corrected chi connectivity index (χ0v) is 16.3. The first kappa shape index (κ1) is 17.4. The van der Waals surface area contributed by atoms with Gasteiger partial charge < -0.3 is 14.5 Å². The van der Waals surface area contributed by atoms with Crippen molar-refractivity contribution in [3.05, 3.63) is 29.3 Å². The van der Waals surface area contributed by atoms with E-state index in [9.17, 15) is 13.6 Å². The summed E-state index contributed by atoms with van der Waals surface area (Å²) in [4.78, 5) is 16.9. The van der Waals surface area contributed by atoms with Crippen molar-refractivity contribution in [1.29, 1.82) is 0 Å². The van der Waals surface area contributed by atoms with Gasteiger partial charge in [0.1, 0.15) is 0 Å². The molecule has 5 rings (SSSR count). The van der Waals surface area contributed by atoms with Crippen LogP contribution in [0.1, 0.15) is 44.5 Å². The number of rotatable bonds is 2. The molecule has 4 aliphatic rings. The van der Waals surface area contributed by atoms with Gasteiger partial charge in [-0.2, -0.15) is 0 Å². The van der Waals surface area contributed by atoms with E-state index in [2.05, 4.69) is 13.8 Å². The number of hydrogen-bond donors (Lipinski definition) is 0. The van der Waals surface area contributed by atoms with Crippen LogP contribution in [0.2, 0.25) is 0 Å². The Kier molecular flexibility index (Phi) is 3.24. The maximum atomic E-state index is 14.8. The van der Waals surface area contributed by atoms with Crippen LogP contribution in [0.15, 0.2) is 12.1 Å². The molecular weight excluding hydrogens is 350 g/mol. The number of nitrogens with zero attached hydrogens (tertiary/aromatic N) is 2. The predicted octanol–water partition coefficient (Wildman–Crippen LogP) is 3.45. The van der Waals surface area contributed by atoms with Gasteiger partial charge >= 0.3 is 0 Å². The minimum absolute atomic E-state index is 0.0884. The van der Waals surface area contributed by atoms with E-state index in [0.717, 1.165) is 19.2 Å². The monoisotopic (exact) mass is 376 g/mol. The zero-order valence-electron chi connectivity index (χ0n) is 16.3. The molecule has 4 nitrogen and oxygen atoms in total. The number of carbonyl (C=O) groups excluding carboxylic acids is 1. The van der Waals surface area contributed by atoms with E-state index in [1.54, 1.807) is 4.90 Å². The van der Waals surface area contributed by atoms with Crippen LogP contribution >= 0.6 is 0 Å². The summed E-state index contributed by atoms with van der Waals surface area (Å²) in [5.41, 5.74) is 1.18. The molecule has 6 heteroatoms. The van der Waals surface area contributed by atoms with Crippen molar-refractivity contribution in [2.75, 3.05) is 31.1 Å². The van der Waals surface area contributed by atoms with E-state index in [1.807, 2.05) is 18.7 Å². The highest BCUT2D eigenvalue weighted by Crippen LogP contribution is 2.99. The molecule has 2 saturated carbocycles. The molecule has 1 aromatic carbocycles. The average molecular weight is 376 g/mol. The predicted molar refractivity (Wildman–Crippen MR) is 97.7 cm³/mol. The van der Waals surface area contributed by atoms with Crippen molar-refractivity contribution in [3.8, 4) is 0 Å². The second kappa shape index (κ2) is 5.02. The zero-order chi connectivity index (χ0) is 19.4. The quantitative estimate of drug-likeness (QED) is 0.793. The molecule has 0 aromatic heterocycles. The number of morpholine rings is 1. The van der Waals surface area contributed by atoms with Crippen LogP contribution in [0, 0.1) is 27.9 Å². The lowest BCUT2D eigenvalue weighted by Gasteiger charge is -2.38. The van der Waals surface area contributed by atoms with Gasteiger partial charge in [0.25, 0.3) is 5.91 Å². The summed E-state index contributed by atoms with van der Waals surface area (Å²) in [5.74, 6) is -2.04. The van der Waals surface area contributed by atoms with Gasteiger partial charge in [-0.3, -0.25) is 4.79 Å². The maximum Gasteiger partial charge on any atom is 0.256 e. The highest BCUT2D eigenvalue weighted by Gasteiger charge is 2.98. The van der Waals surface area contributed by atoms with Crippen molar-refractivity contribution < 1.29 is 18.3 Å². The smallest absolute Gasteiger partial charge is 0.256 e. The average Bonchev–Trinajstić information content (AvgIpc) is 3.27. The minimum Gasteiger partial charge on any atom is -0.372 e. The minimum atomic E-state index is -0.937. The van der Waals surface area contributed by atoms with Crippen LogP contribution in [0.25, 0.3) is 0 Å². The molecule has 1 amide bonds. The van der Waals surface area contributed by atoms with Gasteiger partial charge in [0, 0.05) is 37.0 Å². The molecule has 4 fully saturated rings. The summed E-state index contributed by atoms with van der Waals surface area (Å²) >= 11 is 0. The summed E-state index contributed by atoms with van der Waals surface area (Å²) in [6.45, 7) is 10.7. The van der Waals surface area contributed by atoms with Crippen molar-refractivity contribution in [2.24, 2.45) is 16.2 Å². The van der Waals surface area contributed by atoms with Crippen LogP contribution < -0.4 is 4.90 Å². The second-order valence-corrected chi connectivity index (χ2v) is 9.55. The SMILES string of the molecule is C[C@@H]1CN(c2c(C(=O)N3CC45CC4(C3)C5(C)C)ccc(F)c2F)C[C@H](C)O1. The molecule has 2 aliphatic carbocycles. The third-order valence-corrected chi connectivity index (χ3v) is 7.97. The standard InChI is InChI=1S/C21H26F2N2O2/c1-12-7-24(8-13(2)27-12)17-14(5-6-15(22)16(17)23)18(26)25-10-20-9-21(20,11-25)19(20,3)4/h5-6,12-13H,7-11H2,1-4H3/t12-,13+,20?,21?. The number of ether oxygens (including phenoxy) is 1. The van der Waals surface area contributed by atoms with Crippen molar-refractivity contribution in [1.82, 2.24) is 4.90 Å². The largest absolute Gasteiger partial charge is 0.372 e. The van der Waals surface area contributed by atoms with Crippen molar-refractivity contribution >= 4 is 11.6 Å². The molecule has 146 valence electrons. The first-order valence-corrected chi connectivity index (χ1v) is 9.81. The third kappa shape index (κ3) is 1.97. The second-order valence-electron chi connectivity index (χ2n) is 9.55. The Morgan fingerprint density at radius 2 is 1.70 bits per heavy atom. The van der Waals surface area contributed by atoms with E-state index in [0.29, 0.717) is 18.5 Å². The van der Waals surface area contributed by atoms with Gasteiger partial charge in [-0.15, -0.1) is 0 Å². The molecule has 0 radical (unpaired) electrons. The number of anilines is 1. The van der Waals surface area contributed by atoms with Gasteiger partial charge in [0.05, 0.1) is 23.5 Å². The topological polar surface area (TPSA) is 32.8 Å². The molecule has 0 N–H and O–H groups in total. The highest BCUT2D eigenvalue weighted by atomic mass is 19.2. The van der Waals surface area contributed by atoms with E-state index < -0.39 is 11.6 Å². The summed E-state index contributed by atoms with van der Waals surface area (Å²) in [7, 11) is 0. The van der Waals surface area contributed by atoms with Crippen LogP contribution in [-0.4, -0.2) is 49.2 Å². The molecule has 0 spiro atoms. The number of piperidine rings is 2. The number of benzene rings is 1. The fourth-order valence-electron chi connectivity index (χ4n) is 6.28. The summed E-state index contributed by atoms with van der Waals surface area (Å²) < 4.78 is 34.6. The van der Waals surface area contributed by atoms with Crippen LogP contribution in [-0.2, 0) is 4.74 Å². The Hall–Kier alpha value is -1.69. The number of carbonyl (C=O) groups is 1. The molecule has 2 unspecified atom stereocenters. The van der Waals surface area contributed by atoms with Crippen LogP contribution in [0.3, 0.4) is 0 Å². The number of halogens is 2. The molecule has 27 heavy (non-hydrogen) atoms. The normalized spacial score (nSPS) is 38.4.